The number of amides is 1. The molecule has 0 unspecified atom stereocenters. The van der Waals surface area contributed by atoms with E-state index in [4.69, 9.17) is 0 Å². The third-order valence-corrected chi connectivity index (χ3v) is 5.07. The second kappa shape index (κ2) is 6.05. The molecule has 2 fully saturated rings. The molecule has 0 bridgehead atoms. The Labute approximate surface area is 111 Å². The van der Waals surface area contributed by atoms with Crippen molar-refractivity contribution in [2.24, 2.45) is 11.3 Å². The van der Waals surface area contributed by atoms with Crippen molar-refractivity contribution in [2.45, 2.75) is 64.8 Å². The second-order valence-electron chi connectivity index (χ2n) is 6.31. The Balaban J connectivity index is 1.89. The van der Waals surface area contributed by atoms with Gasteiger partial charge < -0.3 is 10.6 Å². The van der Waals surface area contributed by atoms with Crippen LogP contribution in [0.15, 0.2) is 0 Å². The van der Waals surface area contributed by atoms with Crippen molar-refractivity contribution < 1.29 is 4.79 Å². The Morgan fingerprint density at radius 2 is 1.83 bits per heavy atom. The van der Waals surface area contributed by atoms with Crippen LogP contribution in [0.5, 0.6) is 0 Å². The molecule has 3 nitrogen and oxygen atoms in total. The molecule has 0 aromatic rings. The molecule has 2 N–H and O–H groups in total. The first-order valence-corrected chi connectivity index (χ1v) is 7.68. The Morgan fingerprint density at radius 3 is 2.39 bits per heavy atom. The van der Waals surface area contributed by atoms with E-state index in [1.54, 1.807) is 0 Å². The summed E-state index contributed by atoms with van der Waals surface area (Å²) in [6.45, 7) is 6.46. The third kappa shape index (κ3) is 3.05. The monoisotopic (exact) mass is 252 g/mol. The minimum atomic E-state index is -0.0890. The number of hydrogen-bond donors (Lipinski definition) is 2. The fraction of sp³-hybridized carbons (Fsp3) is 0.933. The van der Waals surface area contributed by atoms with Gasteiger partial charge in [-0.25, -0.2) is 0 Å². The summed E-state index contributed by atoms with van der Waals surface area (Å²) >= 11 is 0. The molecule has 2 aliphatic rings. The maximum atomic E-state index is 12.6. The lowest BCUT2D eigenvalue weighted by Crippen LogP contribution is -2.50. The van der Waals surface area contributed by atoms with Crippen molar-refractivity contribution in [3.63, 3.8) is 0 Å². The summed E-state index contributed by atoms with van der Waals surface area (Å²) < 4.78 is 0. The molecular formula is C15H28N2O. The van der Waals surface area contributed by atoms with Crippen LogP contribution in [0.2, 0.25) is 0 Å². The molecular weight excluding hydrogens is 224 g/mol. The van der Waals surface area contributed by atoms with Gasteiger partial charge >= 0.3 is 0 Å². The quantitative estimate of drug-likeness (QED) is 0.810. The molecule has 1 saturated heterocycles. The highest BCUT2D eigenvalue weighted by Gasteiger charge is 2.38. The number of rotatable bonds is 3. The van der Waals surface area contributed by atoms with Gasteiger partial charge in [-0.2, -0.15) is 0 Å². The van der Waals surface area contributed by atoms with Crippen LogP contribution in [0, 0.1) is 11.3 Å². The molecule has 0 atom stereocenters. The third-order valence-electron chi connectivity index (χ3n) is 5.07. The molecule has 1 aliphatic heterocycles. The van der Waals surface area contributed by atoms with Crippen LogP contribution in [0.1, 0.15) is 58.8 Å². The van der Waals surface area contributed by atoms with Crippen LogP contribution in [0.3, 0.4) is 0 Å². The minimum absolute atomic E-state index is 0.0890. The van der Waals surface area contributed by atoms with E-state index < -0.39 is 0 Å². The zero-order valence-electron chi connectivity index (χ0n) is 11.9. The van der Waals surface area contributed by atoms with Gasteiger partial charge in [0.05, 0.1) is 5.41 Å². The van der Waals surface area contributed by atoms with Crippen molar-refractivity contribution in [3.05, 3.63) is 0 Å². The van der Waals surface area contributed by atoms with E-state index in [-0.39, 0.29) is 5.41 Å². The maximum Gasteiger partial charge on any atom is 0.226 e. The van der Waals surface area contributed by atoms with E-state index >= 15 is 0 Å². The highest BCUT2D eigenvalue weighted by atomic mass is 16.2. The predicted octanol–water partition coefficient (Wildman–Crippen LogP) is 2.46. The fourth-order valence-electron chi connectivity index (χ4n) is 3.39. The highest BCUT2D eigenvalue weighted by molar-refractivity contribution is 5.83. The second-order valence-corrected chi connectivity index (χ2v) is 6.31. The van der Waals surface area contributed by atoms with Gasteiger partial charge in [0.1, 0.15) is 0 Å². The first kappa shape index (κ1) is 13.9. The van der Waals surface area contributed by atoms with Gasteiger partial charge in [-0.15, -0.1) is 0 Å². The molecule has 0 spiro atoms. The number of hydrogen-bond acceptors (Lipinski definition) is 2. The molecule has 18 heavy (non-hydrogen) atoms. The number of nitrogens with one attached hydrogen (secondary N) is 2. The molecule has 1 saturated carbocycles. The topological polar surface area (TPSA) is 41.1 Å². The highest BCUT2D eigenvalue weighted by Crippen LogP contribution is 2.33. The van der Waals surface area contributed by atoms with E-state index in [0.29, 0.717) is 11.9 Å². The number of carbonyl (C=O) groups excluding carboxylic acids is 1. The van der Waals surface area contributed by atoms with Gasteiger partial charge in [0.25, 0.3) is 0 Å². The van der Waals surface area contributed by atoms with Crippen molar-refractivity contribution in [3.8, 4) is 0 Å². The molecule has 0 radical (unpaired) electrons. The normalized spacial score (nSPS) is 31.9. The van der Waals surface area contributed by atoms with Gasteiger partial charge in [0, 0.05) is 6.04 Å². The zero-order chi connectivity index (χ0) is 13.0. The maximum absolute atomic E-state index is 12.6. The van der Waals surface area contributed by atoms with Crippen molar-refractivity contribution >= 4 is 5.91 Å². The molecule has 1 heterocycles. The van der Waals surface area contributed by atoms with E-state index in [2.05, 4.69) is 24.5 Å². The standard InChI is InChI=1S/C15H28N2O/c1-3-15(8-10-16-11-9-15)14(18)17-13-6-4-12(2)5-7-13/h12-13,16H,3-11H2,1-2H3,(H,17,18). The summed E-state index contributed by atoms with van der Waals surface area (Å²) in [6, 6.07) is 0.437. The first-order chi connectivity index (χ1) is 8.66. The van der Waals surface area contributed by atoms with Crippen LogP contribution in [-0.2, 0) is 4.79 Å². The Hall–Kier alpha value is -0.570. The molecule has 2 rings (SSSR count). The summed E-state index contributed by atoms with van der Waals surface area (Å²) in [5, 5.41) is 6.69. The van der Waals surface area contributed by atoms with Crippen molar-refractivity contribution in [1.82, 2.24) is 10.6 Å². The summed E-state index contributed by atoms with van der Waals surface area (Å²) in [5.74, 6) is 1.17. The van der Waals surface area contributed by atoms with Gasteiger partial charge in [0.2, 0.25) is 5.91 Å². The smallest absolute Gasteiger partial charge is 0.226 e. The lowest BCUT2D eigenvalue weighted by Gasteiger charge is -2.37. The number of piperidine rings is 1. The first-order valence-electron chi connectivity index (χ1n) is 7.68. The van der Waals surface area contributed by atoms with Crippen molar-refractivity contribution in [2.75, 3.05) is 13.1 Å². The van der Waals surface area contributed by atoms with Gasteiger partial charge in [-0.1, -0.05) is 13.8 Å². The van der Waals surface area contributed by atoms with Crippen LogP contribution in [0.4, 0.5) is 0 Å². The van der Waals surface area contributed by atoms with E-state index in [9.17, 15) is 4.79 Å². The average molecular weight is 252 g/mol. The van der Waals surface area contributed by atoms with Crippen LogP contribution >= 0.6 is 0 Å². The SMILES string of the molecule is CCC1(C(=O)NC2CCC(C)CC2)CCNCC1. The zero-order valence-corrected chi connectivity index (χ0v) is 11.9. The van der Waals surface area contributed by atoms with Gasteiger partial charge in [-0.05, 0) is 64.0 Å². The Morgan fingerprint density at radius 1 is 1.22 bits per heavy atom. The summed E-state index contributed by atoms with van der Waals surface area (Å²) in [6.07, 6.45) is 7.85. The van der Waals surface area contributed by atoms with Gasteiger partial charge in [0.15, 0.2) is 0 Å². The lowest BCUT2D eigenvalue weighted by molar-refractivity contribution is -0.133. The van der Waals surface area contributed by atoms with Crippen LogP contribution in [-0.4, -0.2) is 25.0 Å². The van der Waals surface area contributed by atoms with Crippen LogP contribution in [0.25, 0.3) is 0 Å². The molecule has 104 valence electrons. The van der Waals surface area contributed by atoms with Crippen LogP contribution < -0.4 is 10.6 Å². The predicted molar refractivity (Wildman–Crippen MR) is 74.4 cm³/mol. The summed E-state index contributed by atoms with van der Waals surface area (Å²) in [5.41, 5.74) is -0.0890. The Kier molecular flexibility index (Phi) is 4.66. The molecule has 0 aromatic heterocycles. The fourth-order valence-corrected chi connectivity index (χ4v) is 3.39. The average Bonchev–Trinajstić information content (AvgIpc) is 2.42. The van der Waals surface area contributed by atoms with E-state index in [1.165, 1.54) is 25.7 Å². The largest absolute Gasteiger partial charge is 0.353 e. The van der Waals surface area contributed by atoms with E-state index in [0.717, 1.165) is 38.3 Å². The summed E-state index contributed by atoms with van der Waals surface area (Å²) in [7, 11) is 0. The van der Waals surface area contributed by atoms with E-state index in [1.807, 2.05) is 0 Å². The Bertz CT molecular complexity index is 276. The molecule has 3 heteroatoms. The van der Waals surface area contributed by atoms with Crippen molar-refractivity contribution in [1.29, 1.82) is 0 Å². The summed E-state index contributed by atoms with van der Waals surface area (Å²) in [4.78, 5) is 12.6. The molecule has 1 amide bonds. The molecule has 0 aromatic carbocycles. The molecule has 1 aliphatic carbocycles. The van der Waals surface area contributed by atoms with Gasteiger partial charge in [-0.3, -0.25) is 4.79 Å². The minimum Gasteiger partial charge on any atom is -0.353 e. The number of carbonyl (C=O) groups is 1. The lowest BCUT2D eigenvalue weighted by atomic mass is 9.75.